The smallest absolute Gasteiger partial charge is 0.0815 e. The van der Waals surface area contributed by atoms with Gasteiger partial charge in [0.25, 0.3) is 0 Å². The average molecular weight is 272 g/mol. The van der Waals surface area contributed by atoms with E-state index in [4.69, 9.17) is 0 Å². The Morgan fingerprint density at radius 3 is 2.60 bits per heavy atom. The Balaban J connectivity index is 2.28. The Hall–Kier alpha value is -1.68. The lowest BCUT2D eigenvalue weighted by Crippen LogP contribution is -2.25. The highest BCUT2D eigenvalue weighted by Gasteiger charge is 2.19. The quantitative estimate of drug-likeness (QED) is 0.840. The zero-order valence-electron chi connectivity index (χ0n) is 12.6. The van der Waals surface area contributed by atoms with Crippen molar-refractivity contribution in [1.29, 1.82) is 0 Å². The van der Waals surface area contributed by atoms with E-state index < -0.39 is 0 Å². The summed E-state index contributed by atoms with van der Waals surface area (Å²) < 4.78 is 1.94. The van der Waals surface area contributed by atoms with Gasteiger partial charge >= 0.3 is 0 Å². The van der Waals surface area contributed by atoms with Crippen LogP contribution in [-0.4, -0.2) is 21.5 Å². The Kier molecular flexibility index (Phi) is 5.30. The van der Waals surface area contributed by atoms with Crippen molar-refractivity contribution in [2.24, 2.45) is 5.92 Å². The number of aromatic nitrogens is 3. The van der Waals surface area contributed by atoms with Gasteiger partial charge in [-0.25, -0.2) is 4.68 Å². The first-order valence-corrected chi connectivity index (χ1v) is 7.45. The molecule has 0 saturated carbocycles. The maximum Gasteiger partial charge on any atom is 0.0815 e. The molecule has 20 heavy (non-hydrogen) atoms. The third kappa shape index (κ3) is 3.45. The Labute approximate surface area is 121 Å². The van der Waals surface area contributed by atoms with Crippen LogP contribution in [0, 0.1) is 5.92 Å². The highest BCUT2D eigenvalue weighted by atomic mass is 15.4. The molecule has 4 nitrogen and oxygen atoms in total. The molecule has 2 aromatic rings. The largest absolute Gasteiger partial charge is 0.309 e. The maximum absolute atomic E-state index is 4.25. The first-order valence-electron chi connectivity index (χ1n) is 7.45. The molecular formula is C16H24N4. The summed E-state index contributed by atoms with van der Waals surface area (Å²) in [6, 6.07) is 10.5. The highest BCUT2D eigenvalue weighted by molar-refractivity contribution is 5.32. The van der Waals surface area contributed by atoms with E-state index in [2.05, 4.69) is 48.5 Å². The van der Waals surface area contributed by atoms with Crippen molar-refractivity contribution in [3.05, 3.63) is 42.2 Å². The van der Waals surface area contributed by atoms with Gasteiger partial charge in [-0.3, -0.25) is 0 Å². The molecule has 0 aliphatic rings. The van der Waals surface area contributed by atoms with E-state index in [0.29, 0.717) is 12.0 Å². The van der Waals surface area contributed by atoms with Gasteiger partial charge in [-0.05, 0) is 31.0 Å². The van der Waals surface area contributed by atoms with E-state index in [1.165, 1.54) is 6.42 Å². The zero-order chi connectivity index (χ0) is 14.4. The number of nitrogens with zero attached hydrogens (tertiary/aromatic N) is 3. The normalized spacial score (nSPS) is 14.2. The summed E-state index contributed by atoms with van der Waals surface area (Å²) in [6.07, 6.45) is 4.17. The molecule has 0 radical (unpaired) electrons. The van der Waals surface area contributed by atoms with Crippen LogP contribution in [0.3, 0.4) is 0 Å². The monoisotopic (exact) mass is 272 g/mol. The van der Waals surface area contributed by atoms with Crippen LogP contribution in [0.1, 0.15) is 45.3 Å². The molecule has 2 unspecified atom stereocenters. The number of benzene rings is 1. The Morgan fingerprint density at radius 2 is 1.95 bits per heavy atom. The molecule has 0 saturated heterocycles. The van der Waals surface area contributed by atoms with Crippen molar-refractivity contribution in [2.75, 3.05) is 6.54 Å². The van der Waals surface area contributed by atoms with E-state index in [9.17, 15) is 0 Å². The van der Waals surface area contributed by atoms with Gasteiger partial charge in [-0.1, -0.05) is 50.6 Å². The molecule has 0 bridgehead atoms. The van der Waals surface area contributed by atoms with Crippen LogP contribution >= 0.6 is 0 Å². The molecule has 2 atom stereocenters. The standard InChI is InChI=1S/C16H24N4/c1-4-13(3)11-15(17-5-2)16-12-18-19-20(16)14-9-7-6-8-10-14/h6-10,12-13,15,17H,4-5,11H2,1-3H3. The maximum atomic E-state index is 4.25. The topological polar surface area (TPSA) is 42.7 Å². The number of para-hydroxylation sites is 1. The third-order valence-corrected chi connectivity index (χ3v) is 3.72. The minimum absolute atomic E-state index is 0.296. The summed E-state index contributed by atoms with van der Waals surface area (Å²) >= 11 is 0. The van der Waals surface area contributed by atoms with Crippen LogP contribution in [0.2, 0.25) is 0 Å². The summed E-state index contributed by atoms with van der Waals surface area (Å²) in [4.78, 5) is 0. The lowest BCUT2D eigenvalue weighted by Gasteiger charge is -2.21. The lowest BCUT2D eigenvalue weighted by atomic mass is 9.97. The summed E-state index contributed by atoms with van der Waals surface area (Å²) in [5.41, 5.74) is 2.20. The number of hydrogen-bond acceptors (Lipinski definition) is 3. The van der Waals surface area contributed by atoms with Crippen LogP contribution in [0.25, 0.3) is 5.69 Å². The van der Waals surface area contributed by atoms with Crippen molar-refractivity contribution in [1.82, 2.24) is 20.3 Å². The third-order valence-electron chi connectivity index (χ3n) is 3.72. The molecule has 1 N–H and O–H groups in total. The first kappa shape index (κ1) is 14.7. The molecule has 108 valence electrons. The van der Waals surface area contributed by atoms with Crippen molar-refractivity contribution in [2.45, 2.75) is 39.7 Å². The second kappa shape index (κ2) is 7.20. The van der Waals surface area contributed by atoms with Gasteiger partial charge in [-0.2, -0.15) is 0 Å². The predicted molar refractivity (Wildman–Crippen MR) is 81.8 cm³/mol. The second-order valence-corrected chi connectivity index (χ2v) is 5.27. The van der Waals surface area contributed by atoms with E-state index in [1.807, 2.05) is 29.1 Å². The molecule has 0 aliphatic carbocycles. The molecule has 0 amide bonds. The van der Waals surface area contributed by atoms with Crippen LogP contribution < -0.4 is 5.32 Å². The van der Waals surface area contributed by atoms with Gasteiger partial charge in [0.1, 0.15) is 0 Å². The minimum Gasteiger partial charge on any atom is -0.309 e. The molecule has 1 heterocycles. The SMILES string of the molecule is CCNC(CC(C)CC)c1cnnn1-c1ccccc1. The minimum atomic E-state index is 0.296. The number of hydrogen-bond donors (Lipinski definition) is 1. The van der Waals surface area contributed by atoms with E-state index in [1.54, 1.807) is 0 Å². The summed E-state index contributed by atoms with van der Waals surface area (Å²) in [7, 11) is 0. The first-order chi connectivity index (χ1) is 9.76. The molecular weight excluding hydrogens is 248 g/mol. The van der Waals surface area contributed by atoms with Gasteiger partial charge in [0.05, 0.1) is 23.6 Å². The van der Waals surface area contributed by atoms with Crippen LogP contribution in [0.5, 0.6) is 0 Å². The van der Waals surface area contributed by atoms with Crippen molar-refractivity contribution in [3.63, 3.8) is 0 Å². The Morgan fingerprint density at radius 1 is 1.20 bits per heavy atom. The summed E-state index contributed by atoms with van der Waals surface area (Å²) in [5.74, 6) is 0.679. The van der Waals surface area contributed by atoms with Crippen LogP contribution in [-0.2, 0) is 0 Å². The lowest BCUT2D eigenvalue weighted by molar-refractivity contribution is 0.396. The average Bonchev–Trinajstić information content (AvgIpc) is 2.97. The molecule has 0 spiro atoms. The molecule has 0 fully saturated rings. The van der Waals surface area contributed by atoms with Crippen molar-refractivity contribution in [3.8, 4) is 5.69 Å². The Bertz CT molecular complexity index is 506. The van der Waals surface area contributed by atoms with E-state index in [-0.39, 0.29) is 0 Å². The van der Waals surface area contributed by atoms with Crippen molar-refractivity contribution >= 4 is 0 Å². The fourth-order valence-electron chi connectivity index (χ4n) is 2.37. The fourth-order valence-corrected chi connectivity index (χ4v) is 2.37. The van der Waals surface area contributed by atoms with Crippen LogP contribution in [0.15, 0.2) is 36.5 Å². The predicted octanol–water partition coefficient (Wildman–Crippen LogP) is 3.35. The van der Waals surface area contributed by atoms with Gasteiger partial charge in [-0.15, -0.1) is 5.10 Å². The van der Waals surface area contributed by atoms with E-state index >= 15 is 0 Å². The second-order valence-electron chi connectivity index (χ2n) is 5.27. The van der Waals surface area contributed by atoms with Gasteiger partial charge in [0, 0.05) is 0 Å². The van der Waals surface area contributed by atoms with Crippen molar-refractivity contribution < 1.29 is 0 Å². The summed E-state index contributed by atoms with van der Waals surface area (Å²) in [6.45, 7) is 7.61. The molecule has 1 aromatic carbocycles. The molecule has 2 rings (SSSR count). The molecule has 4 heteroatoms. The molecule has 0 aliphatic heterocycles. The van der Waals surface area contributed by atoms with Crippen LogP contribution in [0.4, 0.5) is 0 Å². The van der Waals surface area contributed by atoms with Gasteiger partial charge in [0.2, 0.25) is 0 Å². The number of rotatable bonds is 7. The van der Waals surface area contributed by atoms with Gasteiger partial charge in [0.15, 0.2) is 0 Å². The fraction of sp³-hybridized carbons (Fsp3) is 0.500. The molecule has 1 aromatic heterocycles. The zero-order valence-corrected chi connectivity index (χ0v) is 12.6. The highest BCUT2D eigenvalue weighted by Crippen LogP contribution is 2.24. The van der Waals surface area contributed by atoms with Gasteiger partial charge < -0.3 is 5.32 Å². The van der Waals surface area contributed by atoms with E-state index in [0.717, 1.165) is 24.3 Å². The number of nitrogens with one attached hydrogen (secondary N) is 1. The summed E-state index contributed by atoms with van der Waals surface area (Å²) in [5, 5.41) is 11.9.